The summed E-state index contributed by atoms with van der Waals surface area (Å²) in [6, 6.07) is 10.5. The van der Waals surface area contributed by atoms with Crippen LogP contribution in [0.5, 0.6) is 0 Å². The Kier molecular flexibility index (Phi) is 6.73. The number of halogens is 1. The van der Waals surface area contributed by atoms with Crippen molar-refractivity contribution in [2.24, 2.45) is 17.8 Å². The zero-order chi connectivity index (χ0) is 20.2. The summed E-state index contributed by atoms with van der Waals surface area (Å²) in [5, 5.41) is 1.86. The summed E-state index contributed by atoms with van der Waals surface area (Å²) in [6.07, 6.45) is 17.1. The average molecular weight is 393 g/mol. The van der Waals surface area contributed by atoms with Crippen molar-refractivity contribution in [1.82, 2.24) is 0 Å². The molecule has 1 heteroatoms. The summed E-state index contributed by atoms with van der Waals surface area (Å²) >= 11 is 0. The Morgan fingerprint density at radius 3 is 2.66 bits per heavy atom. The first-order valence-electron chi connectivity index (χ1n) is 12.0. The van der Waals surface area contributed by atoms with Crippen LogP contribution in [0.4, 0.5) is 4.39 Å². The van der Waals surface area contributed by atoms with E-state index in [0.717, 1.165) is 41.4 Å². The number of aryl methyl sites for hydroxylation is 1. The van der Waals surface area contributed by atoms with E-state index in [0.29, 0.717) is 5.92 Å². The van der Waals surface area contributed by atoms with Gasteiger partial charge in [0.15, 0.2) is 0 Å². The second kappa shape index (κ2) is 9.45. The Morgan fingerprint density at radius 1 is 1.00 bits per heavy atom. The van der Waals surface area contributed by atoms with Gasteiger partial charge in [0, 0.05) is 5.39 Å². The molecule has 2 aliphatic rings. The number of hydrogen-bond donors (Lipinski definition) is 0. The van der Waals surface area contributed by atoms with Gasteiger partial charge in [0.1, 0.15) is 5.82 Å². The van der Waals surface area contributed by atoms with E-state index in [-0.39, 0.29) is 5.82 Å². The van der Waals surface area contributed by atoms with E-state index in [1.807, 2.05) is 13.0 Å². The maximum Gasteiger partial charge on any atom is 0.131 e. The SMILES string of the molecule is C/C=C/CCc1ccc2cc(C3CCC4CC(CCC)CCC4C3)cc(F)c2c1. The molecule has 4 atom stereocenters. The molecule has 2 aromatic rings. The Morgan fingerprint density at radius 2 is 1.83 bits per heavy atom. The summed E-state index contributed by atoms with van der Waals surface area (Å²) in [6.45, 7) is 4.37. The lowest BCUT2D eigenvalue weighted by Crippen LogP contribution is -2.30. The predicted octanol–water partition coefficient (Wildman–Crippen LogP) is 8.59. The van der Waals surface area contributed by atoms with Crippen LogP contribution in [-0.2, 0) is 6.42 Å². The van der Waals surface area contributed by atoms with Gasteiger partial charge in [0.25, 0.3) is 0 Å². The van der Waals surface area contributed by atoms with E-state index >= 15 is 4.39 Å². The monoisotopic (exact) mass is 392 g/mol. The Balaban J connectivity index is 1.48. The van der Waals surface area contributed by atoms with Crippen LogP contribution in [0, 0.1) is 23.6 Å². The van der Waals surface area contributed by atoms with Gasteiger partial charge in [0.05, 0.1) is 0 Å². The number of hydrogen-bond acceptors (Lipinski definition) is 0. The third-order valence-corrected chi connectivity index (χ3v) is 7.72. The Hall–Kier alpha value is -1.63. The molecule has 0 saturated heterocycles. The fourth-order valence-corrected chi connectivity index (χ4v) is 6.15. The Bertz CT molecular complexity index is 849. The van der Waals surface area contributed by atoms with Crippen molar-refractivity contribution in [3.63, 3.8) is 0 Å². The molecule has 0 amide bonds. The van der Waals surface area contributed by atoms with Crippen LogP contribution in [0.15, 0.2) is 42.5 Å². The molecular formula is C28H37F. The average Bonchev–Trinajstić information content (AvgIpc) is 2.74. The standard InChI is InChI=1S/C28H37F/c1-3-5-6-8-21-10-12-25-18-26(19-28(29)27(25)16-21)24-14-13-22-15-20(7-4-2)9-11-23(22)17-24/h3,5,10,12,16,18-20,22-24H,4,6-9,11,13-15,17H2,1-2H3/b5-3+. The number of fused-ring (bicyclic) bond motifs is 2. The molecule has 0 N–H and O–H groups in total. The smallest absolute Gasteiger partial charge is 0.131 e. The highest BCUT2D eigenvalue weighted by atomic mass is 19.1. The third kappa shape index (κ3) is 4.76. The lowest BCUT2D eigenvalue weighted by Gasteiger charge is -2.42. The van der Waals surface area contributed by atoms with Gasteiger partial charge in [-0.25, -0.2) is 4.39 Å². The minimum atomic E-state index is -0.0286. The molecule has 29 heavy (non-hydrogen) atoms. The molecule has 2 fully saturated rings. The first-order chi connectivity index (χ1) is 14.2. The van der Waals surface area contributed by atoms with Crippen LogP contribution in [-0.4, -0.2) is 0 Å². The molecule has 0 heterocycles. The highest BCUT2D eigenvalue weighted by molar-refractivity contribution is 5.84. The van der Waals surface area contributed by atoms with Gasteiger partial charge in [-0.1, -0.05) is 56.5 Å². The lowest BCUT2D eigenvalue weighted by atomic mass is 9.63. The van der Waals surface area contributed by atoms with E-state index in [1.54, 1.807) is 0 Å². The van der Waals surface area contributed by atoms with E-state index in [2.05, 4.69) is 43.3 Å². The van der Waals surface area contributed by atoms with Crippen molar-refractivity contribution in [2.75, 3.05) is 0 Å². The largest absolute Gasteiger partial charge is 0.206 e. The summed E-state index contributed by atoms with van der Waals surface area (Å²) in [7, 11) is 0. The van der Waals surface area contributed by atoms with Crippen molar-refractivity contribution in [2.45, 2.75) is 84.0 Å². The number of benzene rings is 2. The van der Waals surface area contributed by atoms with Crippen molar-refractivity contribution in [1.29, 1.82) is 0 Å². The predicted molar refractivity (Wildman–Crippen MR) is 123 cm³/mol. The minimum absolute atomic E-state index is 0.0286. The van der Waals surface area contributed by atoms with Crippen molar-refractivity contribution >= 4 is 10.8 Å². The molecule has 0 aromatic heterocycles. The summed E-state index contributed by atoms with van der Waals surface area (Å²) in [5.74, 6) is 3.29. The maximum absolute atomic E-state index is 15.0. The van der Waals surface area contributed by atoms with Crippen LogP contribution in [0.25, 0.3) is 10.8 Å². The molecule has 2 aromatic carbocycles. The molecule has 0 bridgehead atoms. The number of rotatable bonds is 6. The molecule has 0 nitrogen and oxygen atoms in total. The van der Waals surface area contributed by atoms with E-state index in [1.165, 1.54) is 62.5 Å². The van der Waals surface area contributed by atoms with Crippen LogP contribution in [0.1, 0.15) is 88.7 Å². The molecule has 0 spiro atoms. The minimum Gasteiger partial charge on any atom is -0.206 e. The highest BCUT2D eigenvalue weighted by Gasteiger charge is 2.35. The van der Waals surface area contributed by atoms with Crippen molar-refractivity contribution in [3.05, 3.63) is 59.4 Å². The van der Waals surface area contributed by atoms with Crippen molar-refractivity contribution in [3.8, 4) is 0 Å². The molecule has 4 unspecified atom stereocenters. The molecular weight excluding hydrogens is 355 g/mol. The zero-order valence-electron chi connectivity index (χ0n) is 18.3. The molecule has 4 rings (SSSR count). The second-order valence-corrected chi connectivity index (χ2v) is 9.66. The van der Waals surface area contributed by atoms with Crippen molar-refractivity contribution < 1.29 is 4.39 Å². The van der Waals surface area contributed by atoms with Gasteiger partial charge < -0.3 is 0 Å². The first kappa shape index (κ1) is 20.6. The topological polar surface area (TPSA) is 0 Å². The van der Waals surface area contributed by atoms with E-state index in [9.17, 15) is 0 Å². The van der Waals surface area contributed by atoms with Gasteiger partial charge in [-0.3, -0.25) is 0 Å². The summed E-state index contributed by atoms with van der Waals surface area (Å²) in [5.41, 5.74) is 2.47. The fraction of sp³-hybridized carbons (Fsp3) is 0.571. The second-order valence-electron chi connectivity index (χ2n) is 9.66. The van der Waals surface area contributed by atoms with E-state index < -0.39 is 0 Å². The number of allylic oxidation sites excluding steroid dienone is 2. The van der Waals surface area contributed by atoms with Gasteiger partial charge in [0.2, 0.25) is 0 Å². The molecule has 0 radical (unpaired) electrons. The third-order valence-electron chi connectivity index (χ3n) is 7.72. The molecule has 2 saturated carbocycles. The zero-order valence-corrected chi connectivity index (χ0v) is 18.3. The summed E-state index contributed by atoms with van der Waals surface area (Å²) < 4.78 is 15.0. The van der Waals surface area contributed by atoms with Crippen LogP contribution in [0.2, 0.25) is 0 Å². The van der Waals surface area contributed by atoms with Gasteiger partial charge >= 0.3 is 0 Å². The normalized spacial score (nSPS) is 27.4. The maximum atomic E-state index is 15.0. The van der Waals surface area contributed by atoms with Crippen LogP contribution >= 0.6 is 0 Å². The van der Waals surface area contributed by atoms with Gasteiger partial charge in [-0.2, -0.15) is 0 Å². The fourth-order valence-electron chi connectivity index (χ4n) is 6.15. The first-order valence-corrected chi connectivity index (χ1v) is 12.0. The van der Waals surface area contributed by atoms with Crippen LogP contribution in [0.3, 0.4) is 0 Å². The van der Waals surface area contributed by atoms with Gasteiger partial charge in [-0.15, -0.1) is 0 Å². The Labute approximate surface area is 176 Å². The molecule has 2 aliphatic carbocycles. The lowest BCUT2D eigenvalue weighted by molar-refractivity contribution is 0.114. The quantitative estimate of drug-likeness (QED) is 0.432. The highest BCUT2D eigenvalue weighted by Crippen LogP contribution is 2.48. The molecule has 0 aliphatic heterocycles. The van der Waals surface area contributed by atoms with Crippen LogP contribution < -0.4 is 0 Å². The molecule has 156 valence electrons. The van der Waals surface area contributed by atoms with E-state index in [4.69, 9.17) is 0 Å². The van der Waals surface area contributed by atoms with Gasteiger partial charge in [-0.05, 0) is 104 Å². The summed E-state index contributed by atoms with van der Waals surface area (Å²) in [4.78, 5) is 0.